The third-order valence-electron chi connectivity index (χ3n) is 6.97. The van der Waals surface area contributed by atoms with Crippen LogP contribution in [-0.2, 0) is 42.1 Å². The van der Waals surface area contributed by atoms with E-state index in [1.54, 1.807) is 0 Å². The summed E-state index contributed by atoms with van der Waals surface area (Å²) in [6.45, 7) is 3.12. The number of hydrogen-bond donors (Lipinski definition) is 2. The molecular weight excluding hydrogens is 449 g/mol. The van der Waals surface area contributed by atoms with Crippen LogP contribution in [0.2, 0.25) is 0 Å². The summed E-state index contributed by atoms with van der Waals surface area (Å²) in [5.74, 6) is 0. The van der Waals surface area contributed by atoms with Gasteiger partial charge in [0.15, 0.2) is 0 Å². The Labute approximate surface area is 233 Å². The quantitative estimate of drug-likeness (QED) is 0.662. The largest absolute Gasteiger partial charge is 0.370 e. The van der Waals surface area contributed by atoms with Gasteiger partial charge in [-0.05, 0) is 85.8 Å². The number of anilines is 2. The number of nitrogens with zero attached hydrogens (tertiary/aromatic N) is 1. The van der Waals surface area contributed by atoms with E-state index in [0.717, 1.165) is 62.0 Å². The van der Waals surface area contributed by atoms with Crippen LogP contribution in [0.4, 0.5) is 16.2 Å². The summed E-state index contributed by atoms with van der Waals surface area (Å²) in [5, 5.41) is 2.27. The van der Waals surface area contributed by atoms with Gasteiger partial charge in [0, 0.05) is 75.8 Å². The van der Waals surface area contributed by atoms with Gasteiger partial charge in [-0.25, -0.2) is 17.9 Å². The Morgan fingerprint density at radius 2 is 1.69 bits per heavy atom. The van der Waals surface area contributed by atoms with Crippen LogP contribution in [0.25, 0.3) is 0 Å². The zero-order valence-electron chi connectivity index (χ0n) is 18.9. The number of benzene rings is 2. The van der Waals surface area contributed by atoms with Crippen LogP contribution in [0.1, 0.15) is 47.6 Å². The standard InChI is InChI=1S/C24H29N3O3S.K/c1-2-27-15-19(14-18-7-3-4-12-22(18)27)31(29,30)26-24(28)25-23-20-10-5-8-16(20)13-17-9-6-11-21(17)23;/h3-4,7,12-13,19H,2,5-6,8-11,14-15H2,1H3,(H2,25,26,28);. The Bertz CT molecular complexity index is 1120. The number of sulfonamides is 1. The summed E-state index contributed by atoms with van der Waals surface area (Å²) in [6, 6.07) is 9.55. The number of carbonyl (C=O) groups excluding carboxylic acids is 1. The van der Waals surface area contributed by atoms with E-state index in [-0.39, 0.29) is 51.4 Å². The SMILES string of the molecule is CCN1CC(S(=O)(=O)NC(=O)Nc2c3c(cc4c2CCC4)CCC3)Cc2ccccc21.[K]. The van der Waals surface area contributed by atoms with Crippen molar-refractivity contribution in [1.82, 2.24) is 4.72 Å². The Morgan fingerprint density at radius 3 is 2.34 bits per heavy atom. The van der Waals surface area contributed by atoms with Crippen LogP contribution in [-0.4, -0.2) is 84.2 Å². The molecule has 2 amide bonds. The average molecular weight is 479 g/mol. The predicted molar refractivity (Wildman–Crippen MR) is 129 cm³/mol. The van der Waals surface area contributed by atoms with Gasteiger partial charge in [0.25, 0.3) is 0 Å². The monoisotopic (exact) mass is 478 g/mol. The maximum Gasteiger partial charge on any atom is 0.332 e. The molecule has 1 heterocycles. The molecule has 5 rings (SSSR count). The maximum absolute atomic E-state index is 13.1. The molecule has 0 fully saturated rings. The van der Waals surface area contributed by atoms with Crippen LogP contribution in [0, 0.1) is 0 Å². The minimum atomic E-state index is -3.82. The van der Waals surface area contributed by atoms with Crippen molar-refractivity contribution < 1.29 is 13.2 Å². The summed E-state index contributed by atoms with van der Waals surface area (Å²) >= 11 is 0. The molecular formula is C24H29KN3O3S. The van der Waals surface area contributed by atoms with Gasteiger partial charge in [0.05, 0.1) is 0 Å². The first-order valence-corrected chi connectivity index (χ1v) is 12.8. The van der Waals surface area contributed by atoms with E-state index in [2.05, 4.69) is 21.0 Å². The summed E-state index contributed by atoms with van der Waals surface area (Å²) in [5.41, 5.74) is 7.94. The summed E-state index contributed by atoms with van der Waals surface area (Å²) in [7, 11) is -3.82. The van der Waals surface area contributed by atoms with Crippen molar-refractivity contribution in [2.75, 3.05) is 23.3 Å². The van der Waals surface area contributed by atoms with E-state index in [0.29, 0.717) is 13.0 Å². The molecule has 0 bridgehead atoms. The second-order valence-corrected chi connectivity index (χ2v) is 10.8. The van der Waals surface area contributed by atoms with E-state index in [4.69, 9.17) is 0 Å². The third-order valence-corrected chi connectivity index (χ3v) is 8.63. The van der Waals surface area contributed by atoms with Crippen LogP contribution >= 0.6 is 0 Å². The van der Waals surface area contributed by atoms with Crippen molar-refractivity contribution in [3.63, 3.8) is 0 Å². The van der Waals surface area contributed by atoms with Gasteiger partial charge in [0.2, 0.25) is 10.0 Å². The summed E-state index contributed by atoms with van der Waals surface area (Å²) in [4.78, 5) is 14.9. The molecule has 1 atom stereocenters. The Balaban J connectivity index is 0.00000245. The van der Waals surface area contributed by atoms with Gasteiger partial charge in [0.1, 0.15) is 5.25 Å². The van der Waals surface area contributed by atoms with Crippen molar-refractivity contribution in [1.29, 1.82) is 0 Å². The van der Waals surface area contributed by atoms with Crippen LogP contribution in [0.15, 0.2) is 30.3 Å². The van der Waals surface area contributed by atoms with Crippen molar-refractivity contribution in [2.24, 2.45) is 0 Å². The molecule has 1 unspecified atom stereocenters. The molecule has 8 heteroatoms. The molecule has 2 aliphatic carbocycles. The topological polar surface area (TPSA) is 78.5 Å². The number of carbonyl (C=O) groups is 1. The number of rotatable bonds is 4. The molecule has 2 N–H and O–H groups in total. The number of aryl methyl sites for hydroxylation is 2. The average Bonchev–Trinajstić information content (AvgIpc) is 3.41. The number of hydrogen-bond acceptors (Lipinski definition) is 4. The molecule has 1 aliphatic heterocycles. The van der Waals surface area contributed by atoms with Crippen molar-refractivity contribution in [2.45, 2.75) is 57.1 Å². The summed E-state index contributed by atoms with van der Waals surface area (Å²) in [6.07, 6.45) is 6.52. The fraction of sp³-hybridized carbons (Fsp3) is 0.458. The molecule has 32 heavy (non-hydrogen) atoms. The fourth-order valence-corrected chi connectivity index (χ4v) is 6.72. The first kappa shape index (κ1) is 24.2. The molecule has 165 valence electrons. The minimum absolute atomic E-state index is 0. The molecule has 3 aliphatic rings. The molecule has 0 saturated heterocycles. The smallest absolute Gasteiger partial charge is 0.332 e. The number of para-hydroxylation sites is 1. The predicted octanol–water partition coefficient (Wildman–Crippen LogP) is 3.19. The Hall–Kier alpha value is -0.904. The van der Waals surface area contributed by atoms with Crippen LogP contribution in [0.5, 0.6) is 0 Å². The molecule has 0 spiro atoms. The maximum atomic E-state index is 13.1. The van der Waals surface area contributed by atoms with Gasteiger partial charge < -0.3 is 10.2 Å². The Morgan fingerprint density at radius 1 is 1.03 bits per heavy atom. The van der Waals surface area contributed by atoms with E-state index < -0.39 is 21.3 Å². The second kappa shape index (κ2) is 9.76. The number of amides is 2. The van der Waals surface area contributed by atoms with Gasteiger partial charge in [-0.2, -0.15) is 0 Å². The second-order valence-electron chi connectivity index (χ2n) is 8.83. The first-order chi connectivity index (χ1) is 15.0. The van der Waals surface area contributed by atoms with Gasteiger partial charge in [-0.15, -0.1) is 0 Å². The van der Waals surface area contributed by atoms with E-state index in [1.165, 1.54) is 22.3 Å². The van der Waals surface area contributed by atoms with Crippen LogP contribution in [0.3, 0.4) is 0 Å². The third kappa shape index (κ3) is 4.54. The van der Waals surface area contributed by atoms with Crippen molar-refractivity contribution in [3.05, 3.63) is 58.1 Å². The first-order valence-electron chi connectivity index (χ1n) is 11.3. The van der Waals surface area contributed by atoms with E-state index >= 15 is 0 Å². The molecule has 6 nitrogen and oxygen atoms in total. The van der Waals surface area contributed by atoms with E-state index in [1.807, 2.05) is 31.2 Å². The van der Waals surface area contributed by atoms with Crippen molar-refractivity contribution in [3.8, 4) is 0 Å². The fourth-order valence-electron chi connectivity index (χ4n) is 5.47. The molecule has 1 radical (unpaired) electrons. The van der Waals surface area contributed by atoms with E-state index in [9.17, 15) is 13.2 Å². The number of nitrogens with one attached hydrogen (secondary N) is 2. The minimum Gasteiger partial charge on any atom is -0.370 e. The number of fused-ring (bicyclic) bond motifs is 3. The normalized spacial score (nSPS) is 18.9. The summed E-state index contributed by atoms with van der Waals surface area (Å²) < 4.78 is 28.6. The van der Waals surface area contributed by atoms with Gasteiger partial charge in [-0.1, -0.05) is 24.3 Å². The van der Waals surface area contributed by atoms with Gasteiger partial charge in [-0.3, -0.25) is 0 Å². The zero-order valence-corrected chi connectivity index (χ0v) is 22.8. The molecule has 0 aromatic heterocycles. The molecule has 0 saturated carbocycles. The Kier molecular flexibility index (Phi) is 7.39. The van der Waals surface area contributed by atoms with Crippen molar-refractivity contribution >= 4 is 78.8 Å². The number of urea groups is 1. The van der Waals surface area contributed by atoms with Crippen LogP contribution < -0.4 is 14.9 Å². The molecule has 2 aromatic rings. The molecule has 2 aromatic carbocycles. The van der Waals surface area contributed by atoms with Gasteiger partial charge >= 0.3 is 6.03 Å². The zero-order chi connectivity index (χ0) is 21.6.